The molecule has 2 aromatic heterocycles. The number of rotatable bonds is 9. The highest BCUT2D eigenvalue weighted by atomic mass is 16.5. The Hall–Kier alpha value is -4.55. The molecule has 0 aliphatic heterocycles. The van der Waals surface area contributed by atoms with Gasteiger partial charge < -0.3 is 29.7 Å². The Bertz CT molecular complexity index is 1510. The first-order valence-corrected chi connectivity index (χ1v) is 12.3. The van der Waals surface area contributed by atoms with E-state index in [0.717, 1.165) is 40.9 Å². The van der Waals surface area contributed by atoms with Gasteiger partial charge in [-0.25, -0.2) is 9.97 Å². The van der Waals surface area contributed by atoms with E-state index in [1.165, 1.54) is 0 Å². The molecule has 0 aliphatic carbocycles. The van der Waals surface area contributed by atoms with Gasteiger partial charge in [-0.05, 0) is 45.1 Å². The number of hydrogen-bond donors (Lipinski definition) is 2. The van der Waals surface area contributed by atoms with Crippen molar-refractivity contribution in [2.24, 2.45) is 7.05 Å². The molecule has 0 saturated heterocycles. The van der Waals surface area contributed by atoms with Gasteiger partial charge in [0.15, 0.2) is 0 Å². The van der Waals surface area contributed by atoms with Crippen molar-refractivity contribution in [2.75, 3.05) is 56.9 Å². The van der Waals surface area contributed by atoms with Crippen LogP contribution in [-0.2, 0) is 11.8 Å². The first kappa shape index (κ1) is 26.5. The fourth-order valence-electron chi connectivity index (χ4n) is 4.22. The summed E-state index contributed by atoms with van der Waals surface area (Å²) in [5.41, 5.74) is 4.97. The average Bonchev–Trinajstić information content (AvgIpc) is 3.24. The molecule has 4 aromatic rings. The van der Waals surface area contributed by atoms with Crippen LogP contribution in [0.15, 0.2) is 54.9 Å². The van der Waals surface area contributed by atoms with Gasteiger partial charge in [-0.2, -0.15) is 0 Å². The fraction of sp³-hybridized carbons (Fsp3) is 0.276. The molecular formula is C29H33N7O2. The van der Waals surface area contributed by atoms with E-state index in [1.54, 1.807) is 20.2 Å². The minimum Gasteiger partial charge on any atom is -0.494 e. The summed E-state index contributed by atoms with van der Waals surface area (Å²) in [6.45, 7) is 3.22. The molecule has 9 nitrogen and oxygen atoms in total. The molecule has 0 aliphatic rings. The van der Waals surface area contributed by atoms with Crippen molar-refractivity contribution in [3.63, 3.8) is 0 Å². The number of methoxy groups -OCH3 is 1. The van der Waals surface area contributed by atoms with Crippen molar-refractivity contribution in [3.8, 4) is 28.8 Å². The van der Waals surface area contributed by atoms with Gasteiger partial charge in [0.2, 0.25) is 5.95 Å². The Labute approximate surface area is 223 Å². The van der Waals surface area contributed by atoms with Crippen LogP contribution in [0.2, 0.25) is 0 Å². The highest BCUT2D eigenvalue weighted by Gasteiger charge is 2.17. The molecule has 0 atom stereocenters. The van der Waals surface area contributed by atoms with Crippen molar-refractivity contribution in [2.45, 2.75) is 6.92 Å². The van der Waals surface area contributed by atoms with Crippen LogP contribution in [0.4, 0.5) is 23.0 Å². The first-order valence-electron chi connectivity index (χ1n) is 12.3. The zero-order valence-electron chi connectivity index (χ0n) is 22.7. The van der Waals surface area contributed by atoms with E-state index < -0.39 is 0 Å². The molecule has 4 rings (SSSR count). The van der Waals surface area contributed by atoms with Crippen LogP contribution in [0.5, 0.6) is 5.75 Å². The number of nitrogens with one attached hydrogen (secondary N) is 2. The lowest BCUT2D eigenvalue weighted by atomic mass is 10.1. The highest BCUT2D eigenvalue weighted by molar-refractivity contribution is 6.06. The predicted octanol–water partition coefficient (Wildman–Crippen LogP) is 4.35. The third kappa shape index (κ3) is 5.88. The van der Waals surface area contributed by atoms with Crippen LogP contribution in [0, 0.1) is 11.8 Å². The number of para-hydroxylation sites is 1. The second-order valence-corrected chi connectivity index (χ2v) is 9.18. The summed E-state index contributed by atoms with van der Waals surface area (Å²) in [6, 6.07) is 13.8. The zero-order valence-corrected chi connectivity index (χ0v) is 22.7. The van der Waals surface area contributed by atoms with Gasteiger partial charge in [0.1, 0.15) is 5.75 Å². The van der Waals surface area contributed by atoms with E-state index in [2.05, 4.69) is 60.2 Å². The second-order valence-electron chi connectivity index (χ2n) is 9.18. The summed E-state index contributed by atoms with van der Waals surface area (Å²) in [6.07, 6.45) is 3.79. The van der Waals surface area contributed by atoms with Crippen molar-refractivity contribution in [3.05, 3.63) is 54.9 Å². The number of fused-ring (bicyclic) bond motifs is 1. The van der Waals surface area contributed by atoms with Gasteiger partial charge >= 0.3 is 0 Å². The van der Waals surface area contributed by atoms with Crippen LogP contribution in [0.3, 0.4) is 0 Å². The van der Waals surface area contributed by atoms with Crippen LogP contribution < -0.4 is 20.3 Å². The Morgan fingerprint density at radius 3 is 2.63 bits per heavy atom. The van der Waals surface area contributed by atoms with Crippen molar-refractivity contribution in [1.29, 1.82) is 0 Å². The number of carbonyl (C=O) groups excluding carboxylic acids is 1. The van der Waals surface area contributed by atoms with Gasteiger partial charge in [-0.1, -0.05) is 24.1 Å². The van der Waals surface area contributed by atoms with E-state index in [0.29, 0.717) is 23.1 Å². The summed E-state index contributed by atoms with van der Waals surface area (Å²) >= 11 is 0. The number of benzene rings is 2. The summed E-state index contributed by atoms with van der Waals surface area (Å²) in [7, 11) is 9.65. The Morgan fingerprint density at radius 1 is 1.11 bits per heavy atom. The van der Waals surface area contributed by atoms with Gasteiger partial charge in [0.05, 0.1) is 29.9 Å². The molecule has 2 N–H and O–H groups in total. The fourth-order valence-corrected chi connectivity index (χ4v) is 4.22. The average molecular weight is 512 g/mol. The molecule has 0 spiro atoms. The van der Waals surface area contributed by atoms with E-state index >= 15 is 0 Å². The number of likely N-dealkylation sites (N-methyl/N-ethyl adjacent to an activating group) is 2. The smallest absolute Gasteiger partial charge is 0.300 e. The number of carbonyl (C=O) groups is 1. The molecular weight excluding hydrogens is 478 g/mol. The number of anilines is 4. The van der Waals surface area contributed by atoms with Crippen LogP contribution in [-0.4, -0.2) is 66.7 Å². The normalized spacial score (nSPS) is 10.7. The quantitative estimate of drug-likeness (QED) is 0.323. The molecule has 0 fully saturated rings. The first-order chi connectivity index (χ1) is 18.3. The van der Waals surface area contributed by atoms with Crippen LogP contribution in [0.1, 0.15) is 6.92 Å². The Morgan fingerprint density at radius 2 is 1.89 bits per heavy atom. The van der Waals surface area contributed by atoms with E-state index in [-0.39, 0.29) is 5.91 Å². The maximum Gasteiger partial charge on any atom is 0.300 e. The molecule has 2 heterocycles. The summed E-state index contributed by atoms with van der Waals surface area (Å²) in [5, 5.41) is 7.31. The molecule has 9 heteroatoms. The lowest BCUT2D eigenvalue weighted by molar-refractivity contribution is -0.111. The molecule has 38 heavy (non-hydrogen) atoms. The van der Waals surface area contributed by atoms with Gasteiger partial charge in [0, 0.05) is 62.1 Å². The van der Waals surface area contributed by atoms with E-state index in [9.17, 15) is 4.79 Å². The number of amides is 1. The molecule has 1 amide bonds. The van der Waals surface area contributed by atoms with Crippen molar-refractivity contribution >= 4 is 39.8 Å². The van der Waals surface area contributed by atoms with E-state index in [1.807, 2.05) is 58.5 Å². The third-order valence-electron chi connectivity index (χ3n) is 6.17. The summed E-state index contributed by atoms with van der Waals surface area (Å²) in [4.78, 5) is 25.8. The SMILES string of the molecule is CC#CC(=O)Nc1cc(Nc2nccc(-c3cn(C)c4ccccc34)n2)c(OC)cc1N(C)CCN(C)C. The maximum absolute atomic E-state index is 12.4. The monoisotopic (exact) mass is 511 g/mol. The number of ether oxygens (including phenoxy) is 1. The Kier molecular flexibility index (Phi) is 8.14. The van der Waals surface area contributed by atoms with Gasteiger partial charge in [-0.3, -0.25) is 4.79 Å². The maximum atomic E-state index is 12.4. The standard InChI is InChI=1S/C29H33N7O2/c1-7-10-28(37)31-23-17-24(27(38-6)18-26(23)35(4)16-15-34(2)3)33-29-30-14-13-22(32-29)21-19-36(5)25-12-9-8-11-20(21)25/h8-9,11-14,17-19H,15-16H2,1-6H3,(H,31,37)(H,30,32,33). The topological polar surface area (TPSA) is 87.5 Å². The highest BCUT2D eigenvalue weighted by Crippen LogP contribution is 2.38. The number of nitrogens with zero attached hydrogens (tertiary/aromatic N) is 5. The predicted molar refractivity (Wildman–Crippen MR) is 154 cm³/mol. The zero-order chi connectivity index (χ0) is 27.2. The van der Waals surface area contributed by atoms with E-state index in [4.69, 9.17) is 9.72 Å². The number of aromatic nitrogens is 3. The van der Waals surface area contributed by atoms with Crippen LogP contribution in [0.25, 0.3) is 22.2 Å². The Balaban J connectivity index is 1.71. The second kappa shape index (κ2) is 11.7. The molecule has 0 unspecified atom stereocenters. The van der Waals surface area contributed by atoms with Crippen molar-refractivity contribution in [1.82, 2.24) is 19.4 Å². The number of aryl methyl sites for hydroxylation is 1. The molecule has 2 aromatic carbocycles. The van der Waals surface area contributed by atoms with Crippen LogP contribution >= 0.6 is 0 Å². The molecule has 196 valence electrons. The summed E-state index contributed by atoms with van der Waals surface area (Å²) < 4.78 is 7.80. The summed E-state index contributed by atoms with van der Waals surface area (Å²) in [5.74, 6) is 5.80. The lowest BCUT2D eigenvalue weighted by Crippen LogP contribution is -2.29. The minimum atomic E-state index is -0.389. The third-order valence-corrected chi connectivity index (χ3v) is 6.17. The molecule has 0 radical (unpaired) electrons. The van der Waals surface area contributed by atoms with Crippen molar-refractivity contribution < 1.29 is 9.53 Å². The number of hydrogen-bond acceptors (Lipinski definition) is 7. The lowest BCUT2D eigenvalue weighted by Gasteiger charge is -2.25. The van der Waals surface area contributed by atoms with Gasteiger partial charge in [-0.15, -0.1) is 0 Å². The molecule has 0 saturated carbocycles. The minimum absolute atomic E-state index is 0.389. The van der Waals surface area contributed by atoms with Gasteiger partial charge in [0.25, 0.3) is 5.91 Å². The largest absolute Gasteiger partial charge is 0.494 e. The molecule has 0 bridgehead atoms.